The third-order valence-corrected chi connectivity index (χ3v) is 3.15. The minimum absolute atomic E-state index is 0.0277. The van der Waals surface area contributed by atoms with Crippen LogP contribution in [0.5, 0.6) is 0 Å². The molecule has 0 saturated carbocycles. The number of amides is 2. The molecule has 1 aliphatic rings. The number of nitrogens with zero attached hydrogens (tertiary/aromatic N) is 1. The first-order valence-electron chi connectivity index (χ1n) is 6.45. The van der Waals surface area contributed by atoms with Gasteiger partial charge < -0.3 is 24.5 Å². The molecule has 1 saturated heterocycles. The van der Waals surface area contributed by atoms with Gasteiger partial charge in [-0.15, -0.1) is 0 Å². The van der Waals surface area contributed by atoms with E-state index in [0.717, 1.165) is 0 Å². The van der Waals surface area contributed by atoms with Crippen LogP contribution in [-0.4, -0.2) is 59.6 Å². The summed E-state index contributed by atoms with van der Waals surface area (Å²) in [7, 11) is 0. The van der Waals surface area contributed by atoms with E-state index in [0.29, 0.717) is 12.1 Å². The van der Waals surface area contributed by atoms with Crippen LogP contribution in [0.2, 0.25) is 0 Å². The number of hydrogen-bond donors (Lipinski definition) is 2. The van der Waals surface area contributed by atoms with Crippen LogP contribution in [0.3, 0.4) is 0 Å². The zero-order valence-electron chi connectivity index (χ0n) is 11.4. The van der Waals surface area contributed by atoms with Gasteiger partial charge in [0.15, 0.2) is 6.10 Å². The molecule has 2 amide bonds. The maximum Gasteiger partial charge on any atom is 0.334 e. The fraction of sp³-hybridized carbons (Fsp3) is 0.462. The molecule has 0 aromatic carbocycles. The lowest BCUT2D eigenvalue weighted by Crippen LogP contribution is -2.54. The zero-order chi connectivity index (χ0) is 15.4. The Labute approximate surface area is 120 Å². The van der Waals surface area contributed by atoms with Crippen molar-refractivity contribution in [1.82, 2.24) is 10.2 Å². The second kappa shape index (κ2) is 6.40. The van der Waals surface area contributed by atoms with Crippen LogP contribution in [0, 0.1) is 0 Å². The minimum Gasteiger partial charge on any atom is -0.479 e. The number of furan rings is 1. The molecular weight excluding hydrogens is 280 g/mol. The van der Waals surface area contributed by atoms with Crippen molar-refractivity contribution in [3.8, 4) is 0 Å². The largest absolute Gasteiger partial charge is 0.479 e. The van der Waals surface area contributed by atoms with Gasteiger partial charge in [0.2, 0.25) is 5.91 Å². The molecule has 0 spiro atoms. The van der Waals surface area contributed by atoms with E-state index in [1.54, 1.807) is 6.92 Å². The van der Waals surface area contributed by atoms with Gasteiger partial charge >= 0.3 is 5.97 Å². The van der Waals surface area contributed by atoms with E-state index < -0.39 is 24.0 Å². The SMILES string of the molecule is CC(NC(=O)c1ccoc1)C(=O)N1CCOC(C(=O)O)C1. The van der Waals surface area contributed by atoms with E-state index in [1.807, 2.05) is 0 Å². The molecule has 8 nitrogen and oxygen atoms in total. The molecule has 1 fully saturated rings. The highest BCUT2D eigenvalue weighted by Gasteiger charge is 2.31. The summed E-state index contributed by atoms with van der Waals surface area (Å²) >= 11 is 0. The smallest absolute Gasteiger partial charge is 0.334 e. The van der Waals surface area contributed by atoms with Crippen molar-refractivity contribution < 1.29 is 28.6 Å². The lowest BCUT2D eigenvalue weighted by atomic mass is 10.2. The van der Waals surface area contributed by atoms with Crippen molar-refractivity contribution in [1.29, 1.82) is 0 Å². The Hall–Kier alpha value is -2.35. The Kier molecular flexibility index (Phi) is 4.59. The number of carboxylic acids is 1. The molecule has 0 radical (unpaired) electrons. The molecule has 0 aliphatic carbocycles. The topological polar surface area (TPSA) is 109 Å². The fourth-order valence-electron chi connectivity index (χ4n) is 2.01. The van der Waals surface area contributed by atoms with Crippen LogP contribution in [-0.2, 0) is 14.3 Å². The number of hydrogen-bond acceptors (Lipinski definition) is 5. The summed E-state index contributed by atoms with van der Waals surface area (Å²) in [6.07, 6.45) is 1.61. The van der Waals surface area contributed by atoms with E-state index in [-0.39, 0.29) is 19.1 Å². The van der Waals surface area contributed by atoms with Gasteiger partial charge in [-0.3, -0.25) is 9.59 Å². The molecule has 1 aromatic rings. The van der Waals surface area contributed by atoms with Crippen molar-refractivity contribution in [2.24, 2.45) is 0 Å². The van der Waals surface area contributed by atoms with Gasteiger partial charge in [-0.05, 0) is 13.0 Å². The van der Waals surface area contributed by atoms with Crippen molar-refractivity contribution in [2.75, 3.05) is 19.7 Å². The molecule has 2 N–H and O–H groups in total. The lowest BCUT2D eigenvalue weighted by Gasteiger charge is -2.32. The van der Waals surface area contributed by atoms with Crippen LogP contribution in [0.1, 0.15) is 17.3 Å². The summed E-state index contributed by atoms with van der Waals surface area (Å²) in [5, 5.41) is 11.4. The second-order valence-corrected chi connectivity index (χ2v) is 4.69. The predicted octanol–water partition coefficient (Wildman–Crippen LogP) is -0.290. The molecule has 2 unspecified atom stereocenters. The monoisotopic (exact) mass is 296 g/mol. The maximum absolute atomic E-state index is 12.2. The summed E-state index contributed by atoms with van der Waals surface area (Å²) in [5.74, 6) is -1.88. The van der Waals surface area contributed by atoms with Gasteiger partial charge in [0.1, 0.15) is 12.3 Å². The standard InChI is InChI=1S/C13H16N2O6/c1-8(14-11(16)9-2-4-20-7-9)12(17)15-3-5-21-10(6-15)13(18)19/h2,4,7-8,10H,3,5-6H2,1H3,(H,14,16)(H,18,19). The first kappa shape index (κ1) is 15.0. The van der Waals surface area contributed by atoms with E-state index in [4.69, 9.17) is 14.3 Å². The van der Waals surface area contributed by atoms with Crippen LogP contribution < -0.4 is 5.32 Å². The van der Waals surface area contributed by atoms with Crippen LogP contribution in [0.4, 0.5) is 0 Å². The summed E-state index contributed by atoms with van der Waals surface area (Å²) < 4.78 is 9.84. The Morgan fingerprint density at radius 3 is 2.86 bits per heavy atom. The number of ether oxygens (including phenoxy) is 1. The molecule has 21 heavy (non-hydrogen) atoms. The fourth-order valence-corrected chi connectivity index (χ4v) is 2.01. The molecule has 114 valence electrons. The Morgan fingerprint density at radius 2 is 2.24 bits per heavy atom. The molecule has 8 heteroatoms. The predicted molar refractivity (Wildman–Crippen MR) is 69.6 cm³/mol. The number of morpholine rings is 1. The molecular formula is C13H16N2O6. The molecule has 1 aromatic heterocycles. The molecule has 2 rings (SSSR count). The van der Waals surface area contributed by atoms with Gasteiger partial charge in [0.05, 0.1) is 25.0 Å². The molecule has 1 aliphatic heterocycles. The first-order chi connectivity index (χ1) is 9.99. The van der Waals surface area contributed by atoms with Crippen LogP contribution >= 0.6 is 0 Å². The number of carbonyl (C=O) groups excluding carboxylic acids is 2. The molecule has 2 heterocycles. The first-order valence-corrected chi connectivity index (χ1v) is 6.45. The summed E-state index contributed by atoms with van der Waals surface area (Å²) in [4.78, 5) is 36.3. The highest BCUT2D eigenvalue weighted by molar-refractivity contribution is 5.97. The van der Waals surface area contributed by atoms with Gasteiger partial charge in [0, 0.05) is 6.54 Å². The zero-order valence-corrected chi connectivity index (χ0v) is 11.4. The van der Waals surface area contributed by atoms with E-state index in [9.17, 15) is 14.4 Å². The summed E-state index contributed by atoms with van der Waals surface area (Å²) in [5.41, 5.74) is 0.319. The van der Waals surface area contributed by atoms with Gasteiger partial charge in [-0.1, -0.05) is 0 Å². The van der Waals surface area contributed by atoms with E-state index >= 15 is 0 Å². The number of nitrogens with one attached hydrogen (secondary N) is 1. The van der Waals surface area contributed by atoms with Crippen molar-refractivity contribution >= 4 is 17.8 Å². The van der Waals surface area contributed by atoms with Crippen molar-refractivity contribution in [3.05, 3.63) is 24.2 Å². The van der Waals surface area contributed by atoms with Gasteiger partial charge in [0.25, 0.3) is 5.91 Å². The summed E-state index contributed by atoms with van der Waals surface area (Å²) in [6, 6.07) is 0.724. The lowest BCUT2D eigenvalue weighted by molar-refractivity contribution is -0.159. The minimum atomic E-state index is -1.11. The van der Waals surface area contributed by atoms with E-state index in [2.05, 4.69) is 5.32 Å². The third-order valence-electron chi connectivity index (χ3n) is 3.15. The highest BCUT2D eigenvalue weighted by Crippen LogP contribution is 2.08. The second-order valence-electron chi connectivity index (χ2n) is 4.69. The number of aliphatic carboxylic acids is 1. The molecule has 0 bridgehead atoms. The highest BCUT2D eigenvalue weighted by atomic mass is 16.5. The number of carbonyl (C=O) groups is 3. The van der Waals surface area contributed by atoms with Crippen molar-refractivity contribution in [2.45, 2.75) is 19.1 Å². The maximum atomic E-state index is 12.2. The quantitative estimate of drug-likeness (QED) is 0.790. The van der Waals surface area contributed by atoms with Crippen LogP contribution in [0.25, 0.3) is 0 Å². The third kappa shape index (κ3) is 3.60. The molecule has 2 atom stereocenters. The summed E-state index contributed by atoms with van der Waals surface area (Å²) in [6.45, 7) is 1.98. The normalized spacial score (nSPS) is 19.9. The Balaban J connectivity index is 1.92. The van der Waals surface area contributed by atoms with Crippen LogP contribution in [0.15, 0.2) is 23.0 Å². The number of rotatable bonds is 4. The van der Waals surface area contributed by atoms with Gasteiger partial charge in [-0.2, -0.15) is 0 Å². The Morgan fingerprint density at radius 1 is 1.48 bits per heavy atom. The van der Waals surface area contributed by atoms with Gasteiger partial charge in [-0.25, -0.2) is 4.79 Å². The Bertz CT molecular complexity index is 527. The average Bonchev–Trinajstić information content (AvgIpc) is 3.00. The number of carboxylic acid groups (broad SMARTS) is 1. The average molecular weight is 296 g/mol. The van der Waals surface area contributed by atoms with Crippen molar-refractivity contribution in [3.63, 3.8) is 0 Å². The van der Waals surface area contributed by atoms with E-state index in [1.165, 1.54) is 23.5 Å².